The molecule has 0 radical (unpaired) electrons. The fourth-order valence-electron chi connectivity index (χ4n) is 26.5. The molecule has 524 valence electrons. The lowest BCUT2D eigenvalue weighted by atomic mass is 9.35. The molecule has 0 heterocycles. The number of allylic oxidation sites excluding steroid dienone is 24. The predicted octanol–water partition coefficient (Wildman–Crippen LogP) is 15.1. The molecule has 12 saturated carbocycles. The van der Waals surface area contributed by atoms with E-state index in [9.17, 15) is 57.5 Å². The molecule has 103 heavy (non-hydrogen) atoms. The second kappa shape index (κ2) is 24.8. The van der Waals surface area contributed by atoms with Gasteiger partial charge in [0.15, 0.2) is 46.3 Å². The number of carbonyl (C=O) groups is 12. The van der Waals surface area contributed by atoms with Gasteiger partial charge in [0.25, 0.3) is 0 Å². The maximum Gasteiger partial charge on any atom is 0.186 e. The molecule has 23 unspecified atom stereocenters. The molecule has 3 spiro atoms. The second-order valence-corrected chi connectivity index (χ2v) is 33.8. The number of fused-ring (bicyclic) bond motifs is 15. The van der Waals surface area contributed by atoms with Crippen LogP contribution < -0.4 is 0 Å². The highest BCUT2D eigenvalue weighted by atomic mass is 16.2. The van der Waals surface area contributed by atoms with Crippen molar-refractivity contribution in [3.63, 3.8) is 0 Å². The van der Waals surface area contributed by atoms with Crippen molar-refractivity contribution in [2.75, 3.05) is 0 Å². The minimum Gasteiger partial charge on any atom is -0.299 e. The van der Waals surface area contributed by atoms with E-state index in [4.69, 9.17) is 0 Å². The Morgan fingerprint density at radius 3 is 1.17 bits per heavy atom. The molecule has 25 rings (SSSR count). The number of Topliss-reactive ketones (excluding diaryl/α,β-unsaturated/α-hetero) is 8. The molecule has 23 atom stereocenters. The van der Waals surface area contributed by atoms with Crippen molar-refractivity contribution in [3.05, 3.63) is 215 Å². The molecular formula is C91H88O12. The monoisotopic (exact) mass is 1370 g/mol. The van der Waals surface area contributed by atoms with Crippen LogP contribution in [0, 0.1) is 134 Å². The van der Waals surface area contributed by atoms with Crippen LogP contribution in [-0.4, -0.2) is 69.4 Å². The molecule has 0 saturated heterocycles. The predicted molar refractivity (Wildman–Crippen MR) is 385 cm³/mol. The second-order valence-electron chi connectivity index (χ2n) is 33.8. The van der Waals surface area contributed by atoms with E-state index in [2.05, 4.69) is 79.0 Å². The Hall–Kier alpha value is -8.64. The number of carbonyl (C=O) groups excluding carboxylic acids is 12. The largest absolute Gasteiger partial charge is 0.299 e. The lowest BCUT2D eigenvalue weighted by Crippen LogP contribution is -2.69. The fourth-order valence-corrected chi connectivity index (χ4v) is 26.5. The average molecular weight is 1370 g/mol. The van der Waals surface area contributed by atoms with Crippen molar-refractivity contribution in [3.8, 4) is 0 Å². The zero-order valence-electron chi connectivity index (χ0n) is 58.5. The zero-order valence-corrected chi connectivity index (χ0v) is 58.5. The van der Waals surface area contributed by atoms with Crippen LogP contribution in [0.15, 0.2) is 192 Å². The van der Waals surface area contributed by atoms with Crippen LogP contribution in [0.1, 0.15) is 170 Å². The van der Waals surface area contributed by atoms with Crippen LogP contribution in [0.3, 0.4) is 0 Å². The van der Waals surface area contributed by atoms with E-state index in [1.165, 1.54) is 43.6 Å². The zero-order chi connectivity index (χ0) is 70.8. The third-order valence-electron chi connectivity index (χ3n) is 30.1. The third kappa shape index (κ3) is 9.18. The van der Waals surface area contributed by atoms with E-state index >= 15 is 0 Å². The highest BCUT2D eigenvalue weighted by molar-refractivity contribution is 6.23. The van der Waals surface area contributed by atoms with Crippen molar-refractivity contribution in [2.45, 2.75) is 129 Å². The van der Waals surface area contributed by atoms with E-state index in [1.54, 1.807) is 36.4 Å². The molecule has 23 aliphatic rings. The van der Waals surface area contributed by atoms with E-state index in [0.29, 0.717) is 122 Å². The van der Waals surface area contributed by atoms with Crippen molar-refractivity contribution in [1.29, 1.82) is 0 Å². The first kappa shape index (κ1) is 66.3. The van der Waals surface area contributed by atoms with Crippen LogP contribution in [0.2, 0.25) is 0 Å². The maximum atomic E-state index is 13.0. The first-order chi connectivity index (χ1) is 50.0. The summed E-state index contributed by atoms with van der Waals surface area (Å²) in [5, 5.41) is 0. The quantitative estimate of drug-likeness (QED) is 0.178. The molecule has 2 aromatic rings. The van der Waals surface area contributed by atoms with Gasteiger partial charge in [0, 0.05) is 103 Å². The summed E-state index contributed by atoms with van der Waals surface area (Å²) in [4.78, 5) is 146. The summed E-state index contributed by atoms with van der Waals surface area (Å²) >= 11 is 0. The number of rotatable bonds is 0. The topological polar surface area (TPSA) is 205 Å². The first-order valence-corrected chi connectivity index (χ1v) is 38.8. The molecule has 12 nitrogen and oxygen atoms in total. The Bertz CT molecular complexity index is 4370. The molecule has 0 N–H and O–H groups in total. The summed E-state index contributed by atoms with van der Waals surface area (Å²) in [5.41, 5.74) is 4.40. The maximum absolute atomic E-state index is 13.0. The molecular weight excluding hydrogens is 1280 g/mol. The van der Waals surface area contributed by atoms with Gasteiger partial charge in [0.1, 0.15) is 23.1 Å². The number of hydrogen-bond donors (Lipinski definition) is 0. The Balaban J connectivity index is 0.0000000864. The summed E-state index contributed by atoms with van der Waals surface area (Å²) in [6.07, 6.45) is 58.6. The summed E-state index contributed by atoms with van der Waals surface area (Å²) in [7, 11) is 0. The summed E-state index contributed by atoms with van der Waals surface area (Å²) < 4.78 is 0. The van der Waals surface area contributed by atoms with Crippen molar-refractivity contribution < 1.29 is 57.5 Å². The van der Waals surface area contributed by atoms with Crippen molar-refractivity contribution in [1.82, 2.24) is 0 Å². The van der Waals surface area contributed by atoms with Gasteiger partial charge < -0.3 is 0 Å². The van der Waals surface area contributed by atoms with Crippen LogP contribution in [-0.2, 0) is 38.4 Å². The van der Waals surface area contributed by atoms with Crippen molar-refractivity contribution in [2.24, 2.45) is 134 Å². The van der Waals surface area contributed by atoms with Gasteiger partial charge >= 0.3 is 0 Å². The molecule has 0 amide bonds. The van der Waals surface area contributed by atoms with E-state index in [1.807, 2.05) is 37.3 Å². The number of ketones is 12. The molecule has 23 aliphatic carbocycles. The lowest BCUT2D eigenvalue weighted by molar-refractivity contribution is -0.202. The van der Waals surface area contributed by atoms with Gasteiger partial charge in [0.05, 0.1) is 10.8 Å². The van der Waals surface area contributed by atoms with Gasteiger partial charge in [-0.2, -0.15) is 0 Å². The fraction of sp³-hybridized carbons (Fsp3) is 0.473. The average Bonchev–Trinajstić information content (AvgIpc) is 1.42. The minimum absolute atomic E-state index is 0.00866. The van der Waals surface area contributed by atoms with E-state index < -0.39 is 10.8 Å². The Labute approximate surface area is 601 Å². The summed E-state index contributed by atoms with van der Waals surface area (Å²) in [6, 6.07) is 14.1. The van der Waals surface area contributed by atoms with Crippen molar-refractivity contribution >= 4 is 69.4 Å². The molecule has 0 aliphatic heterocycles. The molecule has 2 aromatic carbocycles. The minimum atomic E-state index is -0.547. The number of benzene rings is 2. The first-order valence-electron chi connectivity index (χ1n) is 38.8. The van der Waals surface area contributed by atoms with E-state index in [0.717, 1.165) is 125 Å². The van der Waals surface area contributed by atoms with E-state index in [-0.39, 0.29) is 92.9 Å². The molecule has 10 bridgehead atoms. The van der Waals surface area contributed by atoms with Gasteiger partial charge in [-0.25, -0.2) is 0 Å². The summed E-state index contributed by atoms with van der Waals surface area (Å²) in [5.74, 6) is 8.55. The Morgan fingerprint density at radius 1 is 0.340 bits per heavy atom. The third-order valence-corrected chi connectivity index (χ3v) is 30.1. The normalized spacial score (nSPS) is 42.1. The van der Waals surface area contributed by atoms with Gasteiger partial charge in [-0.3, -0.25) is 57.5 Å². The van der Waals surface area contributed by atoms with Crippen LogP contribution in [0.5, 0.6) is 0 Å². The van der Waals surface area contributed by atoms with Gasteiger partial charge in [-0.1, -0.05) is 159 Å². The van der Waals surface area contributed by atoms with Gasteiger partial charge in [-0.15, -0.1) is 0 Å². The highest BCUT2D eigenvalue weighted by Crippen LogP contribution is 2.92. The molecule has 12 heteroatoms. The standard InChI is InChI=1S/C16H16O2.2C15H16O2.C15H12O2.C10H10O2.C10H6O2.2C5H6/c1-15-4-2-3-5-16(15)10-7-8-6-9(10)12(14(16)18)11(8)13(15)17;16-12-8-6-5-7-9(8)13(17)15-4-2-1-3-14(12,15)10(6)11(7)15;2*16-14-10-3-1-2-4-11(10)15(17)13-9-6-5-8(7-9)12(13)14;2*11-9-5-6-10(12)8-4-2-1-3-7(8)9;2*1-2-4-5-3-1/h2-5,8-12H,6-7H2,1H3;6-11H,1-5H2;5-6,8-9,12-13H,1-4,7H2;1-6,8-9,12-13H,7H2;5-6H,1-4H2;1-6H;2*1-4H,5H2. The Morgan fingerprint density at radius 2 is 0.738 bits per heavy atom. The molecule has 0 aromatic heterocycles. The lowest BCUT2D eigenvalue weighted by Gasteiger charge is -2.65. The molecule has 12 fully saturated rings. The Kier molecular flexibility index (Phi) is 15.9. The van der Waals surface area contributed by atoms with Gasteiger partial charge in [-0.05, 0) is 205 Å². The van der Waals surface area contributed by atoms with Crippen LogP contribution in [0.25, 0.3) is 0 Å². The number of hydrogen-bond acceptors (Lipinski definition) is 12. The smallest absolute Gasteiger partial charge is 0.186 e. The SMILES string of the molecule is C1=CCC=C1.C1=CCC=C1.CC12C=CC=CC13C(=O)C1C4CC(CC43)C1C2=O.O=C1C2=C(CCCC2)C(=O)C2C3C=CC(C3)C12.O=C1C2C3CC4C2C(=O)C25CCCCC12C3C45.O=C1C=CC(=O)C2=C1CCCC2.O=C1C=CC(=O)c2ccccc21.O=C1c2ccccc2C(=O)C2C3C=CC(C3)C12. The summed E-state index contributed by atoms with van der Waals surface area (Å²) in [6.45, 7) is 2.01. The van der Waals surface area contributed by atoms with Crippen LogP contribution in [0.4, 0.5) is 0 Å². The van der Waals surface area contributed by atoms with Gasteiger partial charge in [0.2, 0.25) is 0 Å². The van der Waals surface area contributed by atoms with Crippen LogP contribution >= 0.6 is 0 Å². The highest BCUT2D eigenvalue weighted by Gasteiger charge is 2.95.